The first-order chi connectivity index (χ1) is 17.1. The molecular weight excluding hydrogens is 436 g/mol. The number of amides is 1. The normalized spacial score (nSPS) is 12.7. The smallest absolute Gasteiger partial charge is 0.231 e. The van der Waals surface area contributed by atoms with E-state index in [-0.39, 0.29) is 18.4 Å². The van der Waals surface area contributed by atoms with Crippen molar-refractivity contribution < 1.29 is 9.90 Å². The van der Waals surface area contributed by atoms with Crippen LogP contribution in [0.2, 0.25) is 0 Å². The van der Waals surface area contributed by atoms with E-state index in [2.05, 4.69) is 34.7 Å². The lowest BCUT2D eigenvalue weighted by atomic mass is 10.1. The van der Waals surface area contributed by atoms with Gasteiger partial charge in [-0.3, -0.25) is 4.79 Å². The Balaban J connectivity index is 1.23. The molecule has 4 aromatic rings. The molecule has 0 aliphatic heterocycles. The van der Waals surface area contributed by atoms with Crippen molar-refractivity contribution in [3.63, 3.8) is 0 Å². The molecular formula is C29H32N4O2. The number of imidazole rings is 1. The number of hydrogen-bond acceptors (Lipinski definition) is 4. The molecule has 3 N–H and O–H groups in total. The summed E-state index contributed by atoms with van der Waals surface area (Å²) in [6.45, 7) is 3.38. The predicted octanol–water partition coefficient (Wildman–Crippen LogP) is 4.54. The van der Waals surface area contributed by atoms with Gasteiger partial charge in [-0.15, -0.1) is 0 Å². The van der Waals surface area contributed by atoms with Gasteiger partial charge in [0.05, 0.1) is 18.6 Å². The highest BCUT2D eigenvalue weighted by Crippen LogP contribution is 2.20. The second-order valence-electron chi connectivity index (χ2n) is 8.64. The molecule has 1 amide bonds. The van der Waals surface area contributed by atoms with Crippen LogP contribution in [0, 0.1) is 0 Å². The molecule has 4 rings (SSSR count). The van der Waals surface area contributed by atoms with E-state index in [1.165, 1.54) is 5.56 Å². The maximum absolute atomic E-state index is 12.7. The maximum atomic E-state index is 12.7. The Morgan fingerprint density at radius 3 is 2.29 bits per heavy atom. The lowest BCUT2D eigenvalue weighted by Crippen LogP contribution is -2.23. The minimum Gasteiger partial charge on any atom is -0.387 e. The summed E-state index contributed by atoms with van der Waals surface area (Å²) in [6.07, 6.45) is 4.19. The summed E-state index contributed by atoms with van der Waals surface area (Å²) in [5.41, 5.74) is 4.02. The number of carbonyl (C=O) groups is 1. The average molecular weight is 469 g/mol. The molecule has 6 nitrogen and oxygen atoms in total. The van der Waals surface area contributed by atoms with Gasteiger partial charge in [0.2, 0.25) is 5.91 Å². The van der Waals surface area contributed by atoms with Crippen molar-refractivity contribution in [1.82, 2.24) is 14.9 Å². The Hall–Kier alpha value is -3.74. The fourth-order valence-electron chi connectivity index (χ4n) is 4.09. The summed E-state index contributed by atoms with van der Waals surface area (Å²) in [5, 5.41) is 16.5. The quantitative estimate of drug-likeness (QED) is 0.283. The van der Waals surface area contributed by atoms with Gasteiger partial charge in [0.15, 0.2) is 0 Å². The summed E-state index contributed by atoms with van der Waals surface area (Å²) in [6, 6.07) is 27.8. The second kappa shape index (κ2) is 12.1. The molecule has 1 heterocycles. The van der Waals surface area contributed by atoms with Gasteiger partial charge >= 0.3 is 0 Å². The van der Waals surface area contributed by atoms with E-state index in [1.807, 2.05) is 83.6 Å². The van der Waals surface area contributed by atoms with Gasteiger partial charge in [-0.05, 0) is 48.7 Å². The SMILES string of the molecule is C[C@H](c1ccccc1)n1ccnc1CC(=O)Nc1ccc(CCNCC(O)c2ccccc2)cc1. The Morgan fingerprint density at radius 1 is 0.943 bits per heavy atom. The molecule has 1 aromatic heterocycles. The summed E-state index contributed by atoms with van der Waals surface area (Å²) in [4.78, 5) is 17.1. The van der Waals surface area contributed by atoms with Crippen molar-refractivity contribution in [2.45, 2.75) is 31.9 Å². The molecule has 3 aromatic carbocycles. The molecule has 0 bridgehead atoms. The maximum Gasteiger partial charge on any atom is 0.231 e. The van der Waals surface area contributed by atoms with Crippen LogP contribution >= 0.6 is 0 Å². The average Bonchev–Trinajstić information content (AvgIpc) is 3.35. The summed E-state index contributed by atoms with van der Waals surface area (Å²) in [5.74, 6) is 0.640. The number of aliphatic hydroxyl groups excluding tert-OH is 1. The van der Waals surface area contributed by atoms with Crippen LogP contribution in [0.5, 0.6) is 0 Å². The number of aliphatic hydroxyl groups is 1. The van der Waals surface area contributed by atoms with Gasteiger partial charge < -0.3 is 20.3 Å². The number of anilines is 1. The van der Waals surface area contributed by atoms with Crippen molar-refractivity contribution in [1.29, 1.82) is 0 Å². The van der Waals surface area contributed by atoms with Gasteiger partial charge in [-0.1, -0.05) is 72.8 Å². The number of rotatable bonds is 11. The topological polar surface area (TPSA) is 79.2 Å². The Bertz CT molecular complexity index is 1190. The zero-order chi connectivity index (χ0) is 24.5. The van der Waals surface area contributed by atoms with Crippen LogP contribution in [-0.2, 0) is 17.6 Å². The number of carbonyl (C=O) groups excluding carboxylic acids is 1. The molecule has 1 unspecified atom stereocenters. The summed E-state index contributed by atoms with van der Waals surface area (Å²) in [7, 11) is 0. The third-order valence-corrected chi connectivity index (χ3v) is 6.12. The van der Waals surface area contributed by atoms with Gasteiger partial charge in [-0.25, -0.2) is 4.98 Å². The highest BCUT2D eigenvalue weighted by atomic mass is 16.3. The van der Waals surface area contributed by atoms with E-state index in [9.17, 15) is 9.90 Å². The van der Waals surface area contributed by atoms with E-state index < -0.39 is 6.10 Å². The zero-order valence-corrected chi connectivity index (χ0v) is 20.0. The molecule has 35 heavy (non-hydrogen) atoms. The summed E-state index contributed by atoms with van der Waals surface area (Å²) < 4.78 is 2.04. The van der Waals surface area contributed by atoms with E-state index in [4.69, 9.17) is 0 Å². The van der Waals surface area contributed by atoms with Crippen molar-refractivity contribution in [3.8, 4) is 0 Å². The van der Waals surface area contributed by atoms with E-state index >= 15 is 0 Å². The van der Waals surface area contributed by atoms with Crippen LogP contribution in [-0.4, -0.2) is 33.7 Å². The highest BCUT2D eigenvalue weighted by Gasteiger charge is 2.15. The van der Waals surface area contributed by atoms with Crippen LogP contribution in [0.3, 0.4) is 0 Å². The first-order valence-corrected chi connectivity index (χ1v) is 12.0. The largest absolute Gasteiger partial charge is 0.387 e. The Labute approximate surface area is 206 Å². The number of aromatic nitrogens is 2. The fraction of sp³-hybridized carbons (Fsp3) is 0.241. The molecule has 0 aliphatic carbocycles. The van der Waals surface area contributed by atoms with Crippen LogP contribution in [0.25, 0.3) is 0 Å². The van der Waals surface area contributed by atoms with Gasteiger partial charge in [-0.2, -0.15) is 0 Å². The van der Waals surface area contributed by atoms with E-state index in [1.54, 1.807) is 6.20 Å². The standard InChI is InChI=1S/C29H32N4O2/c1-22(24-8-4-2-5-9-24)33-19-18-31-28(33)20-29(35)32-26-14-12-23(13-15-26)16-17-30-21-27(34)25-10-6-3-7-11-25/h2-15,18-19,22,27,30,34H,16-17,20-21H2,1H3,(H,32,35)/t22-,27?/m1/s1. The van der Waals surface area contributed by atoms with Crippen LogP contribution in [0.1, 0.15) is 41.6 Å². The molecule has 0 radical (unpaired) electrons. The Morgan fingerprint density at radius 2 is 1.60 bits per heavy atom. The minimum atomic E-state index is -0.514. The minimum absolute atomic E-state index is 0.0953. The predicted molar refractivity (Wildman–Crippen MR) is 139 cm³/mol. The molecule has 0 fully saturated rings. The number of benzene rings is 3. The van der Waals surface area contributed by atoms with Crippen molar-refractivity contribution in [2.75, 3.05) is 18.4 Å². The second-order valence-corrected chi connectivity index (χ2v) is 8.64. The van der Waals surface area contributed by atoms with Gasteiger partial charge in [0, 0.05) is 24.6 Å². The lowest BCUT2D eigenvalue weighted by molar-refractivity contribution is -0.115. The van der Waals surface area contributed by atoms with Crippen molar-refractivity contribution in [2.24, 2.45) is 0 Å². The number of nitrogens with one attached hydrogen (secondary N) is 2. The molecule has 180 valence electrons. The van der Waals surface area contributed by atoms with Crippen LogP contribution in [0.4, 0.5) is 5.69 Å². The number of nitrogens with zero attached hydrogens (tertiary/aromatic N) is 2. The van der Waals surface area contributed by atoms with Crippen molar-refractivity contribution in [3.05, 3.63) is 120 Å². The molecule has 6 heteroatoms. The molecule has 0 saturated carbocycles. The first kappa shape index (κ1) is 24.4. The van der Waals surface area contributed by atoms with Crippen LogP contribution in [0.15, 0.2) is 97.3 Å². The lowest BCUT2D eigenvalue weighted by Gasteiger charge is -2.17. The summed E-state index contributed by atoms with van der Waals surface area (Å²) >= 11 is 0. The molecule has 0 aliphatic rings. The van der Waals surface area contributed by atoms with Crippen LogP contribution < -0.4 is 10.6 Å². The van der Waals surface area contributed by atoms with Crippen molar-refractivity contribution >= 4 is 11.6 Å². The fourth-order valence-corrected chi connectivity index (χ4v) is 4.09. The van der Waals surface area contributed by atoms with E-state index in [0.717, 1.165) is 35.6 Å². The highest BCUT2D eigenvalue weighted by molar-refractivity contribution is 5.91. The van der Waals surface area contributed by atoms with Gasteiger partial charge in [0.25, 0.3) is 0 Å². The monoisotopic (exact) mass is 468 g/mol. The van der Waals surface area contributed by atoms with Gasteiger partial charge in [0.1, 0.15) is 5.82 Å². The third-order valence-electron chi connectivity index (χ3n) is 6.12. The molecule has 2 atom stereocenters. The first-order valence-electron chi connectivity index (χ1n) is 12.0. The Kier molecular flexibility index (Phi) is 8.44. The van der Waals surface area contributed by atoms with E-state index in [0.29, 0.717) is 6.54 Å². The zero-order valence-electron chi connectivity index (χ0n) is 20.0. The third kappa shape index (κ3) is 6.88. The molecule has 0 saturated heterocycles. The molecule has 0 spiro atoms. The number of hydrogen-bond donors (Lipinski definition) is 3.